The van der Waals surface area contributed by atoms with E-state index in [4.69, 9.17) is 56.8 Å². The Labute approximate surface area is 129 Å². The van der Waals surface area contributed by atoms with Crippen LogP contribution in [0.25, 0.3) is 0 Å². The van der Waals surface area contributed by atoms with E-state index < -0.39 is 10.3 Å². The number of halogens is 4. The molecule has 17 heavy (non-hydrogen) atoms. The van der Waals surface area contributed by atoms with Crippen molar-refractivity contribution in [1.29, 1.82) is 0 Å². The van der Waals surface area contributed by atoms with Crippen LogP contribution in [0.5, 0.6) is 0 Å². The molecule has 0 fully saturated rings. The molecule has 0 radical (unpaired) electrons. The molecule has 0 amide bonds. The summed E-state index contributed by atoms with van der Waals surface area (Å²) < 4.78 is 0. The molecule has 0 bridgehead atoms. The minimum absolute atomic E-state index is 0. The number of nitrogens with one attached hydrogen (secondary N) is 2. The summed E-state index contributed by atoms with van der Waals surface area (Å²) in [5.74, 6) is 0. The molecule has 0 saturated carbocycles. The monoisotopic (exact) mass is 507 g/mol. The van der Waals surface area contributed by atoms with Gasteiger partial charge in [-0.3, -0.25) is 21.4 Å². The zero-order valence-corrected chi connectivity index (χ0v) is 12.7. The molecule has 0 aliphatic carbocycles. The minimum Gasteiger partial charge on any atom is -0.290 e. The summed E-state index contributed by atoms with van der Waals surface area (Å²) >= 11 is 19.9. The number of hydrogen-bond acceptors (Lipinski definition) is 8. The maximum Gasteiger partial charge on any atom is 0.210 e. The van der Waals surface area contributed by atoms with Gasteiger partial charge in [0.15, 0.2) is 10.3 Å². The fourth-order valence-electron chi connectivity index (χ4n) is 0.172. The van der Waals surface area contributed by atoms with Gasteiger partial charge in [0.1, 0.15) is 0 Å². The van der Waals surface area contributed by atoms with Gasteiger partial charge in [-0.2, -0.15) is 0 Å². The predicted octanol–water partition coefficient (Wildman–Crippen LogP) is 2.67. The van der Waals surface area contributed by atoms with Crippen molar-refractivity contribution in [3.63, 3.8) is 0 Å². The van der Waals surface area contributed by atoms with Gasteiger partial charge < -0.3 is 0 Å². The molecule has 0 aliphatic heterocycles. The standard InChI is InChI=1S/2C2H2Cl2N2O2.Pt/c2*3-1(5-7)2(4)6-8;/h2*5,7H;. The molecular weight excluding hydrogens is 505 g/mol. The maximum atomic E-state index is 9.43. The Balaban J connectivity index is -0.000000218. The van der Waals surface area contributed by atoms with E-state index in [0.717, 1.165) is 0 Å². The number of nitroso groups, excluding NO2 is 2. The van der Waals surface area contributed by atoms with Crippen LogP contribution < -0.4 is 11.0 Å². The first kappa shape index (κ1) is 22.2. The van der Waals surface area contributed by atoms with E-state index in [-0.39, 0.29) is 31.4 Å². The predicted molar refractivity (Wildman–Crippen MR) is 58.9 cm³/mol. The molecule has 4 N–H and O–H groups in total. The second-order valence-corrected chi connectivity index (χ2v) is 3.09. The molecule has 0 heterocycles. The Kier molecular flexibility index (Phi) is 18.5. The number of hydroxylamine groups is 2. The van der Waals surface area contributed by atoms with Crippen molar-refractivity contribution in [2.24, 2.45) is 10.4 Å². The van der Waals surface area contributed by atoms with E-state index in [9.17, 15) is 9.81 Å². The van der Waals surface area contributed by atoms with Gasteiger partial charge in [-0.1, -0.05) is 46.4 Å². The summed E-state index contributed by atoms with van der Waals surface area (Å²) in [7, 11) is 0. The second kappa shape index (κ2) is 14.1. The van der Waals surface area contributed by atoms with Crippen molar-refractivity contribution < 1.29 is 31.5 Å². The average Bonchev–Trinajstić information content (AvgIpc) is 2.35. The van der Waals surface area contributed by atoms with Crippen LogP contribution in [0.3, 0.4) is 0 Å². The van der Waals surface area contributed by atoms with Gasteiger partial charge in [-0.15, -0.1) is 9.81 Å². The summed E-state index contributed by atoms with van der Waals surface area (Å²) in [6.07, 6.45) is 0. The Hall–Kier alpha value is 0.0483. The molecule has 0 atom stereocenters. The average molecular weight is 509 g/mol. The van der Waals surface area contributed by atoms with Crippen LogP contribution >= 0.6 is 46.4 Å². The van der Waals surface area contributed by atoms with Gasteiger partial charge >= 0.3 is 0 Å². The van der Waals surface area contributed by atoms with Crippen LogP contribution in [0.4, 0.5) is 0 Å². The number of hydrogen-bond donors (Lipinski definition) is 4. The molecule has 0 aromatic carbocycles. The van der Waals surface area contributed by atoms with Crippen LogP contribution in [-0.2, 0) is 21.1 Å². The van der Waals surface area contributed by atoms with Crippen molar-refractivity contribution >= 4 is 46.4 Å². The first-order chi connectivity index (χ1) is 7.44. The summed E-state index contributed by atoms with van der Waals surface area (Å²) in [6.45, 7) is 0. The van der Waals surface area contributed by atoms with E-state index in [2.05, 4.69) is 10.4 Å². The third kappa shape index (κ3) is 12.3. The van der Waals surface area contributed by atoms with Crippen LogP contribution in [0.2, 0.25) is 0 Å². The fraction of sp³-hybridized carbons (Fsp3) is 0. The SMILES string of the molecule is O=NC(Cl)=C(Cl)NO.O=NC(Cl)=C(Cl)NO.[Pt]. The van der Waals surface area contributed by atoms with Gasteiger partial charge in [-0.25, -0.2) is 0 Å². The third-order valence-electron chi connectivity index (χ3n) is 0.719. The van der Waals surface area contributed by atoms with E-state index in [1.54, 1.807) is 0 Å². The van der Waals surface area contributed by atoms with E-state index in [0.29, 0.717) is 0 Å². The Morgan fingerprint density at radius 3 is 1.12 bits per heavy atom. The Bertz CT molecular complexity index is 282. The van der Waals surface area contributed by atoms with E-state index in [1.165, 1.54) is 11.0 Å². The van der Waals surface area contributed by atoms with Crippen LogP contribution in [0, 0.1) is 9.81 Å². The molecule has 102 valence electrons. The molecule has 0 aliphatic rings. The van der Waals surface area contributed by atoms with Gasteiger partial charge in [0.25, 0.3) is 0 Å². The molecule has 0 spiro atoms. The first-order valence-electron chi connectivity index (χ1n) is 3.02. The topological polar surface area (TPSA) is 123 Å². The molecule has 0 aromatic heterocycles. The fourth-order valence-corrected chi connectivity index (χ4v) is 0.326. The van der Waals surface area contributed by atoms with Crippen LogP contribution in [0.15, 0.2) is 31.0 Å². The summed E-state index contributed by atoms with van der Waals surface area (Å²) in [5, 5.41) is 18.4. The maximum absolute atomic E-state index is 9.43. The Morgan fingerprint density at radius 1 is 0.824 bits per heavy atom. The summed E-state index contributed by atoms with van der Waals surface area (Å²) in [6, 6.07) is 0. The van der Waals surface area contributed by atoms with Crippen molar-refractivity contribution in [2.75, 3.05) is 0 Å². The largest absolute Gasteiger partial charge is 0.290 e. The summed E-state index contributed by atoms with van der Waals surface area (Å²) in [4.78, 5) is 18.9. The smallest absolute Gasteiger partial charge is 0.210 e. The number of rotatable bonds is 4. The molecule has 0 unspecified atom stereocenters. The molecule has 0 aromatic rings. The molecule has 0 rings (SSSR count). The van der Waals surface area contributed by atoms with Crippen LogP contribution in [-0.4, -0.2) is 10.4 Å². The molecular formula is C4H4Cl4N4O4Pt. The summed E-state index contributed by atoms with van der Waals surface area (Å²) in [5.41, 5.74) is 2.87. The third-order valence-corrected chi connectivity index (χ3v) is 1.96. The minimum atomic E-state index is -0.505. The quantitative estimate of drug-likeness (QED) is 0.263. The molecule has 0 saturated heterocycles. The van der Waals surface area contributed by atoms with E-state index >= 15 is 0 Å². The van der Waals surface area contributed by atoms with Crippen molar-refractivity contribution in [3.8, 4) is 0 Å². The molecule has 8 nitrogen and oxygen atoms in total. The zero-order chi connectivity index (χ0) is 13.1. The van der Waals surface area contributed by atoms with Gasteiger partial charge in [0.2, 0.25) is 10.3 Å². The van der Waals surface area contributed by atoms with Crippen LogP contribution in [0.1, 0.15) is 0 Å². The van der Waals surface area contributed by atoms with Crippen molar-refractivity contribution in [2.45, 2.75) is 0 Å². The molecule has 13 heteroatoms. The van der Waals surface area contributed by atoms with Gasteiger partial charge in [0, 0.05) is 21.1 Å². The Morgan fingerprint density at radius 2 is 1.06 bits per heavy atom. The van der Waals surface area contributed by atoms with E-state index in [1.807, 2.05) is 0 Å². The first-order valence-corrected chi connectivity index (χ1v) is 4.53. The second-order valence-electron chi connectivity index (χ2n) is 1.62. The van der Waals surface area contributed by atoms with Crippen molar-refractivity contribution in [1.82, 2.24) is 11.0 Å². The van der Waals surface area contributed by atoms with Gasteiger partial charge in [-0.05, 0) is 10.4 Å². The van der Waals surface area contributed by atoms with Gasteiger partial charge in [0.05, 0.1) is 0 Å². The number of nitrogens with zero attached hydrogens (tertiary/aromatic N) is 2. The normalized spacial score (nSPS) is 11.6. The zero-order valence-electron chi connectivity index (χ0n) is 7.43. The van der Waals surface area contributed by atoms with Crippen molar-refractivity contribution in [3.05, 3.63) is 30.4 Å².